The number of carboxylic acids is 1. The number of imidazole rings is 1. The third-order valence-electron chi connectivity index (χ3n) is 3.94. The molecule has 0 saturated carbocycles. The molecule has 2 aromatic heterocycles. The SMILES string of the molecule is O=C(O)c1ccc2nc(-c3ccc(Cc4ccoc4)cc3)[nH]c2c1. The molecule has 0 bridgehead atoms. The molecule has 118 valence electrons. The predicted molar refractivity (Wildman–Crippen MR) is 90.0 cm³/mol. The van der Waals surface area contributed by atoms with E-state index < -0.39 is 5.97 Å². The van der Waals surface area contributed by atoms with Crippen molar-refractivity contribution >= 4 is 17.0 Å². The van der Waals surface area contributed by atoms with Gasteiger partial charge in [-0.3, -0.25) is 0 Å². The van der Waals surface area contributed by atoms with Crippen molar-refractivity contribution in [3.05, 3.63) is 77.7 Å². The third-order valence-corrected chi connectivity index (χ3v) is 3.94. The lowest BCUT2D eigenvalue weighted by atomic mass is 10.1. The molecular weight excluding hydrogens is 304 g/mol. The predicted octanol–water partition coefficient (Wildman–Crippen LogP) is 4.11. The zero-order valence-corrected chi connectivity index (χ0v) is 12.7. The van der Waals surface area contributed by atoms with Crippen molar-refractivity contribution < 1.29 is 14.3 Å². The molecule has 0 unspecified atom stereocenters. The van der Waals surface area contributed by atoms with Crippen LogP contribution in [-0.4, -0.2) is 21.0 Å². The smallest absolute Gasteiger partial charge is 0.335 e. The number of aromatic nitrogens is 2. The summed E-state index contributed by atoms with van der Waals surface area (Å²) in [7, 11) is 0. The van der Waals surface area contributed by atoms with Crippen LogP contribution in [0.4, 0.5) is 0 Å². The van der Waals surface area contributed by atoms with Gasteiger partial charge < -0.3 is 14.5 Å². The van der Waals surface area contributed by atoms with Crippen LogP contribution in [-0.2, 0) is 6.42 Å². The summed E-state index contributed by atoms with van der Waals surface area (Å²) < 4.78 is 5.08. The van der Waals surface area contributed by atoms with E-state index in [4.69, 9.17) is 9.52 Å². The van der Waals surface area contributed by atoms with Crippen molar-refractivity contribution in [2.75, 3.05) is 0 Å². The number of fused-ring (bicyclic) bond motifs is 1. The lowest BCUT2D eigenvalue weighted by molar-refractivity contribution is 0.0697. The quantitative estimate of drug-likeness (QED) is 0.593. The lowest BCUT2D eigenvalue weighted by Crippen LogP contribution is -1.94. The molecule has 24 heavy (non-hydrogen) atoms. The molecule has 0 amide bonds. The Hall–Kier alpha value is -3.34. The van der Waals surface area contributed by atoms with Crippen LogP contribution < -0.4 is 0 Å². The average molecular weight is 318 g/mol. The second kappa shape index (κ2) is 5.70. The second-order valence-electron chi connectivity index (χ2n) is 5.63. The largest absolute Gasteiger partial charge is 0.478 e. The van der Waals surface area contributed by atoms with E-state index in [9.17, 15) is 4.79 Å². The standard InChI is InChI=1S/C19H14N2O3/c22-19(23)15-5-6-16-17(10-15)21-18(20-16)14-3-1-12(2-4-14)9-13-7-8-24-11-13/h1-8,10-11H,9H2,(H,20,21)(H,22,23). The molecule has 2 heterocycles. The molecule has 0 aliphatic carbocycles. The van der Waals surface area contributed by atoms with Gasteiger partial charge in [0.25, 0.3) is 0 Å². The molecule has 0 fully saturated rings. The maximum atomic E-state index is 11.0. The Labute approximate surface area is 137 Å². The van der Waals surface area contributed by atoms with E-state index >= 15 is 0 Å². The Bertz CT molecular complexity index is 999. The molecule has 4 aromatic rings. The molecule has 0 radical (unpaired) electrons. The monoisotopic (exact) mass is 318 g/mol. The summed E-state index contributed by atoms with van der Waals surface area (Å²) in [4.78, 5) is 18.8. The van der Waals surface area contributed by atoms with Crippen LogP contribution in [0.25, 0.3) is 22.4 Å². The topological polar surface area (TPSA) is 79.1 Å². The summed E-state index contributed by atoms with van der Waals surface area (Å²) in [5.74, 6) is -0.223. The molecule has 0 atom stereocenters. The van der Waals surface area contributed by atoms with Gasteiger partial charge in [0.2, 0.25) is 0 Å². The first-order valence-electron chi connectivity index (χ1n) is 7.52. The Kier molecular flexibility index (Phi) is 3.39. The molecule has 0 saturated heterocycles. The van der Waals surface area contributed by atoms with Gasteiger partial charge in [-0.2, -0.15) is 0 Å². The number of carbonyl (C=O) groups is 1. The number of hydrogen-bond donors (Lipinski definition) is 2. The van der Waals surface area contributed by atoms with Gasteiger partial charge in [-0.05, 0) is 35.4 Å². The highest BCUT2D eigenvalue weighted by atomic mass is 16.4. The van der Waals surface area contributed by atoms with Gasteiger partial charge in [0.05, 0.1) is 29.1 Å². The number of aromatic amines is 1. The molecule has 0 aliphatic heterocycles. The van der Waals surface area contributed by atoms with Crippen molar-refractivity contribution in [2.45, 2.75) is 6.42 Å². The molecule has 5 heteroatoms. The summed E-state index contributed by atoms with van der Waals surface area (Å²) in [6.45, 7) is 0. The normalized spacial score (nSPS) is 11.0. The highest BCUT2D eigenvalue weighted by Crippen LogP contribution is 2.22. The first-order chi connectivity index (χ1) is 11.7. The molecular formula is C19H14N2O3. The van der Waals surface area contributed by atoms with Crippen molar-refractivity contribution in [1.29, 1.82) is 0 Å². The van der Waals surface area contributed by atoms with Crippen LogP contribution in [0.2, 0.25) is 0 Å². The summed E-state index contributed by atoms with van der Waals surface area (Å²) in [5.41, 5.74) is 4.98. The zero-order chi connectivity index (χ0) is 16.5. The molecule has 5 nitrogen and oxygen atoms in total. The second-order valence-corrected chi connectivity index (χ2v) is 5.63. The van der Waals surface area contributed by atoms with Crippen LogP contribution in [0.1, 0.15) is 21.5 Å². The van der Waals surface area contributed by atoms with Crippen LogP contribution in [0.3, 0.4) is 0 Å². The van der Waals surface area contributed by atoms with Crippen molar-refractivity contribution in [1.82, 2.24) is 9.97 Å². The van der Waals surface area contributed by atoms with Gasteiger partial charge in [0, 0.05) is 12.0 Å². The van der Waals surface area contributed by atoms with Crippen molar-refractivity contribution in [2.24, 2.45) is 0 Å². The number of furan rings is 1. The number of rotatable bonds is 4. The van der Waals surface area contributed by atoms with E-state index in [0.29, 0.717) is 5.52 Å². The van der Waals surface area contributed by atoms with Gasteiger partial charge >= 0.3 is 5.97 Å². The fourth-order valence-electron chi connectivity index (χ4n) is 2.69. The number of aromatic carboxylic acids is 1. The Morgan fingerprint density at radius 2 is 1.92 bits per heavy atom. The first kappa shape index (κ1) is 14.3. The molecule has 2 aromatic carbocycles. The minimum atomic E-state index is -0.948. The van der Waals surface area contributed by atoms with Gasteiger partial charge in [0.1, 0.15) is 5.82 Å². The Morgan fingerprint density at radius 3 is 2.62 bits per heavy atom. The number of hydrogen-bond acceptors (Lipinski definition) is 3. The summed E-state index contributed by atoms with van der Waals surface area (Å²) in [6.07, 6.45) is 4.23. The van der Waals surface area contributed by atoms with Gasteiger partial charge in [-0.25, -0.2) is 9.78 Å². The lowest BCUT2D eigenvalue weighted by Gasteiger charge is -2.01. The first-order valence-corrected chi connectivity index (χ1v) is 7.52. The summed E-state index contributed by atoms with van der Waals surface area (Å²) in [5, 5.41) is 9.06. The Balaban J connectivity index is 1.63. The minimum absolute atomic E-state index is 0.244. The van der Waals surface area contributed by atoms with Crippen molar-refractivity contribution in [3.63, 3.8) is 0 Å². The minimum Gasteiger partial charge on any atom is -0.478 e. The number of nitrogens with zero attached hydrogens (tertiary/aromatic N) is 1. The maximum absolute atomic E-state index is 11.0. The highest BCUT2D eigenvalue weighted by Gasteiger charge is 2.09. The van der Waals surface area contributed by atoms with Gasteiger partial charge in [0.15, 0.2) is 0 Å². The van der Waals surface area contributed by atoms with Crippen LogP contribution in [0, 0.1) is 0 Å². The number of nitrogens with one attached hydrogen (secondary N) is 1. The van der Waals surface area contributed by atoms with Gasteiger partial charge in [-0.1, -0.05) is 24.3 Å². The van der Waals surface area contributed by atoms with E-state index in [-0.39, 0.29) is 5.56 Å². The van der Waals surface area contributed by atoms with Crippen LogP contribution >= 0.6 is 0 Å². The fourth-order valence-corrected chi connectivity index (χ4v) is 2.69. The summed E-state index contributed by atoms with van der Waals surface area (Å²) >= 11 is 0. The molecule has 0 spiro atoms. The van der Waals surface area contributed by atoms with E-state index in [2.05, 4.69) is 22.1 Å². The molecule has 4 rings (SSSR count). The van der Waals surface area contributed by atoms with E-state index in [1.165, 1.54) is 5.56 Å². The molecule has 2 N–H and O–H groups in total. The number of carboxylic acid groups (broad SMARTS) is 1. The zero-order valence-electron chi connectivity index (χ0n) is 12.7. The Morgan fingerprint density at radius 1 is 1.08 bits per heavy atom. The van der Waals surface area contributed by atoms with Crippen LogP contribution in [0.5, 0.6) is 0 Å². The highest BCUT2D eigenvalue weighted by molar-refractivity contribution is 5.93. The van der Waals surface area contributed by atoms with E-state index in [1.54, 1.807) is 30.7 Å². The summed E-state index contributed by atoms with van der Waals surface area (Å²) in [6, 6.07) is 14.9. The van der Waals surface area contributed by atoms with Crippen molar-refractivity contribution in [3.8, 4) is 11.4 Å². The van der Waals surface area contributed by atoms with Crippen LogP contribution in [0.15, 0.2) is 65.5 Å². The fraction of sp³-hybridized carbons (Fsp3) is 0.0526. The molecule has 0 aliphatic rings. The number of H-pyrrole nitrogens is 1. The maximum Gasteiger partial charge on any atom is 0.335 e. The van der Waals surface area contributed by atoms with E-state index in [1.807, 2.05) is 18.2 Å². The van der Waals surface area contributed by atoms with E-state index in [0.717, 1.165) is 28.9 Å². The average Bonchev–Trinajstić information content (AvgIpc) is 3.23. The van der Waals surface area contributed by atoms with Gasteiger partial charge in [-0.15, -0.1) is 0 Å². The number of benzene rings is 2. The third kappa shape index (κ3) is 2.67.